The highest BCUT2D eigenvalue weighted by Crippen LogP contribution is 2.38. The molecule has 0 aliphatic carbocycles. The van der Waals surface area contributed by atoms with E-state index in [1.807, 2.05) is 0 Å². The molecule has 0 unspecified atom stereocenters. The van der Waals surface area contributed by atoms with Crippen molar-refractivity contribution in [1.82, 2.24) is 9.80 Å². The van der Waals surface area contributed by atoms with Crippen LogP contribution in [0.1, 0.15) is 15.9 Å². The summed E-state index contributed by atoms with van der Waals surface area (Å²) in [5, 5.41) is 0. The van der Waals surface area contributed by atoms with Gasteiger partial charge in [-0.15, -0.1) is 0 Å². The molecule has 8 heteroatoms. The first-order valence-corrected chi connectivity index (χ1v) is 10.2. The Morgan fingerprint density at radius 1 is 0.781 bits per heavy atom. The number of carbonyl (C=O) groups excluding carboxylic acids is 2. The first kappa shape index (κ1) is 23.0. The number of ether oxygens (including phenoxy) is 4. The molecule has 1 heterocycles. The van der Waals surface area contributed by atoms with Crippen molar-refractivity contribution in [2.45, 2.75) is 0 Å². The van der Waals surface area contributed by atoms with E-state index >= 15 is 0 Å². The minimum Gasteiger partial charge on any atom is -0.497 e. The van der Waals surface area contributed by atoms with Crippen LogP contribution in [0.3, 0.4) is 0 Å². The monoisotopic (exact) mass is 440 g/mol. The van der Waals surface area contributed by atoms with Crippen LogP contribution in [0.4, 0.5) is 0 Å². The normalized spacial score (nSPS) is 13.8. The molecular weight excluding hydrogens is 412 g/mol. The lowest BCUT2D eigenvalue weighted by Gasteiger charge is -2.34. The quantitative estimate of drug-likeness (QED) is 0.616. The summed E-state index contributed by atoms with van der Waals surface area (Å²) in [6, 6.07) is 10.6. The zero-order valence-corrected chi connectivity index (χ0v) is 18.8. The largest absolute Gasteiger partial charge is 0.497 e. The maximum Gasteiger partial charge on any atom is 0.253 e. The summed E-state index contributed by atoms with van der Waals surface area (Å²) >= 11 is 0. The molecule has 0 radical (unpaired) electrons. The van der Waals surface area contributed by atoms with Crippen molar-refractivity contribution in [3.8, 4) is 23.0 Å². The zero-order chi connectivity index (χ0) is 23.1. The highest BCUT2D eigenvalue weighted by molar-refractivity contribution is 5.95. The number of piperazine rings is 1. The highest BCUT2D eigenvalue weighted by atomic mass is 16.5. The molecule has 2 aromatic rings. The Bertz CT molecular complexity index is 953. The maximum absolute atomic E-state index is 12.7. The Morgan fingerprint density at radius 3 is 1.84 bits per heavy atom. The topological polar surface area (TPSA) is 77.5 Å². The van der Waals surface area contributed by atoms with Crippen LogP contribution in [0.25, 0.3) is 6.08 Å². The summed E-state index contributed by atoms with van der Waals surface area (Å²) in [6.45, 7) is 1.91. The minimum absolute atomic E-state index is 0.0484. The van der Waals surface area contributed by atoms with Gasteiger partial charge in [-0.2, -0.15) is 0 Å². The molecule has 170 valence electrons. The van der Waals surface area contributed by atoms with Crippen molar-refractivity contribution >= 4 is 17.9 Å². The fourth-order valence-electron chi connectivity index (χ4n) is 3.52. The van der Waals surface area contributed by atoms with E-state index < -0.39 is 0 Å². The average molecular weight is 440 g/mol. The lowest BCUT2D eigenvalue weighted by Crippen LogP contribution is -2.50. The molecular formula is C24H28N2O6. The van der Waals surface area contributed by atoms with Gasteiger partial charge in [-0.3, -0.25) is 9.59 Å². The molecule has 0 spiro atoms. The lowest BCUT2D eigenvalue weighted by molar-refractivity contribution is -0.127. The summed E-state index contributed by atoms with van der Waals surface area (Å²) in [4.78, 5) is 28.8. The summed E-state index contributed by atoms with van der Waals surface area (Å²) in [7, 11) is 6.22. The zero-order valence-electron chi connectivity index (χ0n) is 18.8. The van der Waals surface area contributed by atoms with Gasteiger partial charge in [0.05, 0.1) is 28.4 Å². The number of carbonyl (C=O) groups is 2. The van der Waals surface area contributed by atoms with Gasteiger partial charge < -0.3 is 28.7 Å². The van der Waals surface area contributed by atoms with E-state index in [-0.39, 0.29) is 11.8 Å². The van der Waals surface area contributed by atoms with Crippen molar-refractivity contribution in [2.24, 2.45) is 0 Å². The van der Waals surface area contributed by atoms with Crippen molar-refractivity contribution in [2.75, 3.05) is 54.6 Å². The van der Waals surface area contributed by atoms with Gasteiger partial charge in [0.1, 0.15) is 5.75 Å². The van der Waals surface area contributed by atoms with E-state index in [9.17, 15) is 9.59 Å². The Morgan fingerprint density at radius 2 is 1.34 bits per heavy atom. The van der Waals surface area contributed by atoms with Crippen LogP contribution in [0, 0.1) is 0 Å². The van der Waals surface area contributed by atoms with E-state index in [0.29, 0.717) is 54.7 Å². The van der Waals surface area contributed by atoms with E-state index in [2.05, 4.69) is 0 Å². The molecule has 0 atom stereocenters. The molecule has 8 nitrogen and oxygen atoms in total. The summed E-state index contributed by atoms with van der Waals surface area (Å²) in [6.07, 6.45) is 3.23. The predicted molar refractivity (Wildman–Crippen MR) is 121 cm³/mol. The van der Waals surface area contributed by atoms with E-state index in [1.165, 1.54) is 6.08 Å². The number of hydrogen-bond acceptors (Lipinski definition) is 6. The van der Waals surface area contributed by atoms with Crippen LogP contribution in [-0.4, -0.2) is 76.2 Å². The molecule has 0 bridgehead atoms. The molecule has 2 aromatic carbocycles. The Balaban J connectivity index is 1.60. The third kappa shape index (κ3) is 5.14. The molecule has 32 heavy (non-hydrogen) atoms. The number of amides is 2. The molecule has 1 aliphatic rings. The number of hydrogen-bond donors (Lipinski definition) is 0. The number of nitrogens with zero attached hydrogens (tertiary/aromatic N) is 2. The van der Waals surface area contributed by atoms with Gasteiger partial charge in [-0.25, -0.2) is 0 Å². The number of methoxy groups -OCH3 is 4. The van der Waals surface area contributed by atoms with E-state index in [0.717, 1.165) is 5.56 Å². The van der Waals surface area contributed by atoms with Crippen LogP contribution in [0.15, 0.2) is 42.5 Å². The van der Waals surface area contributed by atoms with Crippen LogP contribution >= 0.6 is 0 Å². The first-order valence-electron chi connectivity index (χ1n) is 10.2. The molecule has 0 N–H and O–H groups in total. The molecule has 1 fully saturated rings. The summed E-state index contributed by atoms with van der Waals surface area (Å²) in [5.41, 5.74) is 1.36. The van der Waals surface area contributed by atoms with Crippen LogP contribution < -0.4 is 18.9 Å². The summed E-state index contributed by atoms with van der Waals surface area (Å²) in [5.74, 6) is 2.07. The molecule has 0 aromatic heterocycles. The van der Waals surface area contributed by atoms with Gasteiger partial charge in [-0.1, -0.05) is 0 Å². The second-order valence-electron chi connectivity index (χ2n) is 7.14. The average Bonchev–Trinajstić information content (AvgIpc) is 2.86. The smallest absolute Gasteiger partial charge is 0.253 e. The van der Waals surface area contributed by atoms with Gasteiger partial charge in [-0.05, 0) is 48.0 Å². The Labute approximate surface area is 187 Å². The SMILES string of the molecule is COc1ccc(C(=O)N2CCN(C(=O)C=Cc3cc(OC)c(OC)c(OC)c3)CC2)cc1. The molecule has 1 saturated heterocycles. The van der Waals surface area contributed by atoms with Gasteiger partial charge in [0.25, 0.3) is 5.91 Å². The summed E-state index contributed by atoms with van der Waals surface area (Å²) < 4.78 is 21.1. The van der Waals surface area contributed by atoms with Gasteiger partial charge in [0.15, 0.2) is 11.5 Å². The number of benzene rings is 2. The van der Waals surface area contributed by atoms with E-state index in [1.54, 1.807) is 80.7 Å². The highest BCUT2D eigenvalue weighted by Gasteiger charge is 2.24. The van der Waals surface area contributed by atoms with Gasteiger partial charge in [0.2, 0.25) is 11.7 Å². The third-order valence-corrected chi connectivity index (χ3v) is 5.32. The molecule has 3 rings (SSSR count). The Hall–Kier alpha value is -3.68. The molecule has 1 aliphatic heterocycles. The van der Waals surface area contributed by atoms with Crippen LogP contribution in [-0.2, 0) is 4.79 Å². The maximum atomic E-state index is 12.7. The lowest BCUT2D eigenvalue weighted by atomic mass is 10.1. The van der Waals surface area contributed by atoms with Gasteiger partial charge >= 0.3 is 0 Å². The van der Waals surface area contributed by atoms with Crippen molar-refractivity contribution in [3.63, 3.8) is 0 Å². The predicted octanol–water partition coefficient (Wildman–Crippen LogP) is 2.72. The standard InChI is InChI=1S/C24H28N2O6/c1-29-19-8-6-18(7-9-19)24(28)26-13-11-25(12-14-26)22(27)10-5-17-15-20(30-2)23(32-4)21(16-17)31-3/h5-10,15-16H,11-14H2,1-4H3. The third-order valence-electron chi connectivity index (χ3n) is 5.32. The Kier molecular flexibility index (Phi) is 7.59. The second kappa shape index (κ2) is 10.6. The minimum atomic E-state index is -0.115. The van der Waals surface area contributed by atoms with Gasteiger partial charge in [0, 0.05) is 37.8 Å². The number of rotatable bonds is 7. The molecule has 0 saturated carbocycles. The first-order chi connectivity index (χ1) is 15.5. The fraction of sp³-hybridized carbons (Fsp3) is 0.333. The fourth-order valence-corrected chi connectivity index (χ4v) is 3.52. The van der Waals surface area contributed by atoms with E-state index in [4.69, 9.17) is 18.9 Å². The van der Waals surface area contributed by atoms with Crippen molar-refractivity contribution in [3.05, 3.63) is 53.6 Å². The molecule has 2 amide bonds. The van der Waals surface area contributed by atoms with Crippen molar-refractivity contribution in [1.29, 1.82) is 0 Å². The second-order valence-corrected chi connectivity index (χ2v) is 7.14. The van der Waals surface area contributed by atoms with Crippen LogP contribution in [0.2, 0.25) is 0 Å². The van der Waals surface area contributed by atoms with Crippen LogP contribution in [0.5, 0.6) is 23.0 Å². The van der Waals surface area contributed by atoms with Crippen molar-refractivity contribution < 1.29 is 28.5 Å².